The molecule has 3 aliphatic rings. The molecule has 0 aromatic heterocycles. The average molecular weight is 359 g/mol. The van der Waals surface area contributed by atoms with Crippen molar-refractivity contribution in [2.45, 2.75) is 38.8 Å². The van der Waals surface area contributed by atoms with E-state index in [0.29, 0.717) is 5.92 Å². The molecule has 1 saturated heterocycles. The van der Waals surface area contributed by atoms with Gasteiger partial charge in [0.05, 0.1) is 6.61 Å². The van der Waals surface area contributed by atoms with Crippen molar-refractivity contribution in [3.8, 4) is 0 Å². The van der Waals surface area contributed by atoms with E-state index in [1.54, 1.807) is 24.0 Å². The molecular weight excluding hydrogens is 337 g/mol. The van der Waals surface area contributed by atoms with Crippen molar-refractivity contribution >= 4 is 17.7 Å². The molecule has 2 saturated carbocycles. The Labute approximate surface area is 151 Å². The number of ether oxygens (including phenoxy) is 1. The molecule has 5 nitrogen and oxygen atoms in total. The first kappa shape index (κ1) is 17.2. The minimum atomic E-state index is -1.35. The number of ketones is 1. The molecule has 0 N–H and O–H groups in total. The molecule has 0 radical (unpaired) electrons. The van der Waals surface area contributed by atoms with E-state index in [2.05, 4.69) is 0 Å². The zero-order chi connectivity index (χ0) is 18.4. The number of piperidine rings is 1. The molecule has 1 aromatic rings. The maximum Gasteiger partial charge on any atom is 0.326 e. The molecule has 5 unspecified atom stereocenters. The van der Waals surface area contributed by atoms with Crippen molar-refractivity contribution in [3.63, 3.8) is 0 Å². The van der Waals surface area contributed by atoms with Gasteiger partial charge in [-0.1, -0.05) is 12.1 Å². The molecule has 0 spiro atoms. The summed E-state index contributed by atoms with van der Waals surface area (Å²) < 4.78 is 18.2. The number of nitrogens with zero attached hydrogens (tertiary/aromatic N) is 1. The molecule has 1 aliphatic heterocycles. The van der Waals surface area contributed by atoms with Gasteiger partial charge in [0.2, 0.25) is 5.91 Å². The summed E-state index contributed by atoms with van der Waals surface area (Å²) in [6, 6.07) is 5.84. The molecule has 5 atom stereocenters. The molecule has 1 aromatic carbocycles. The van der Waals surface area contributed by atoms with Gasteiger partial charge >= 0.3 is 5.97 Å². The maximum absolute atomic E-state index is 13.2. The molecule has 26 heavy (non-hydrogen) atoms. The standard InChI is InChI=1S/C20H22FNO4/c1-2-26-20(25)16-18(23)15-12-5-6-13(9-12)17(15)22(19(16)24)10-11-3-7-14(21)8-4-11/h3-4,7-8,12-13,15-17H,2,5-6,9-10H2,1H3. The number of hydrogen-bond acceptors (Lipinski definition) is 4. The molecule has 1 heterocycles. The lowest BCUT2D eigenvalue weighted by Gasteiger charge is -2.44. The van der Waals surface area contributed by atoms with E-state index in [-0.39, 0.29) is 42.6 Å². The quantitative estimate of drug-likeness (QED) is 0.611. The van der Waals surface area contributed by atoms with Gasteiger partial charge in [-0.15, -0.1) is 0 Å². The number of likely N-dealkylation sites (tertiary alicyclic amines) is 1. The van der Waals surface area contributed by atoms with Crippen molar-refractivity contribution in [1.29, 1.82) is 0 Å². The summed E-state index contributed by atoms with van der Waals surface area (Å²) in [7, 11) is 0. The lowest BCUT2D eigenvalue weighted by molar-refractivity contribution is -0.168. The van der Waals surface area contributed by atoms with Crippen LogP contribution in [0.15, 0.2) is 24.3 Å². The lowest BCUT2D eigenvalue weighted by atomic mass is 9.73. The highest BCUT2D eigenvalue weighted by Crippen LogP contribution is 2.53. The van der Waals surface area contributed by atoms with E-state index in [9.17, 15) is 18.8 Å². The van der Waals surface area contributed by atoms with Crippen LogP contribution in [0.2, 0.25) is 0 Å². The number of esters is 1. The summed E-state index contributed by atoms with van der Waals surface area (Å²) in [6.07, 6.45) is 2.92. The molecule has 1 amide bonds. The van der Waals surface area contributed by atoms with Gasteiger partial charge in [0.15, 0.2) is 11.7 Å². The van der Waals surface area contributed by atoms with Gasteiger partial charge in [-0.25, -0.2) is 4.39 Å². The Bertz CT molecular complexity index is 747. The van der Waals surface area contributed by atoms with Crippen LogP contribution in [0.5, 0.6) is 0 Å². The number of hydrogen-bond donors (Lipinski definition) is 0. The number of amides is 1. The Hall–Kier alpha value is -2.24. The van der Waals surface area contributed by atoms with Gasteiger partial charge < -0.3 is 9.64 Å². The van der Waals surface area contributed by atoms with Crippen LogP contribution in [0.25, 0.3) is 0 Å². The van der Waals surface area contributed by atoms with Crippen LogP contribution in [0.4, 0.5) is 4.39 Å². The second-order valence-corrected chi connectivity index (χ2v) is 7.53. The van der Waals surface area contributed by atoms with Crippen molar-refractivity contribution in [1.82, 2.24) is 4.90 Å². The summed E-state index contributed by atoms with van der Waals surface area (Å²) in [5.74, 6) is -2.88. The van der Waals surface area contributed by atoms with Gasteiger partial charge in [0, 0.05) is 18.5 Å². The summed E-state index contributed by atoms with van der Waals surface area (Å²) in [5.41, 5.74) is 0.790. The van der Waals surface area contributed by atoms with Crippen molar-refractivity contribution in [3.05, 3.63) is 35.6 Å². The summed E-state index contributed by atoms with van der Waals surface area (Å²) >= 11 is 0. The third-order valence-corrected chi connectivity index (χ3v) is 6.16. The number of rotatable bonds is 4. The van der Waals surface area contributed by atoms with Gasteiger partial charge in [0.25, 0.3) is 0 Å². The van der Waals surface area contributed by atoms with Crippen LogP contribution < -0.4 is 0 Å². The van der Waals surface area contributed by atoms with Crippen molar-refractivity contribution in [2.24, 2.45) is 23.7 Å². The first-order chi connectivity index (χ1) is 12.5. The smallest absolute Gasteiger partial charge is 0.326 e. The van der Waals surface area contributed by atoms with Crippen LogP contribution in [-0.2, 0) is 25.7 Å². The van der Waals surface area contributed by atoms with Crippen LogP contribution in [0.3, 0.4) is 0 Å². The second-order valence-electron chi connectivity index (χ2n) is 7.53. The van der Waals surface area contributed by atoms with Gasteiger partial charge in [0.1, 0.15) is 5.82 Å². The van der Waals surface area contributed by atoms with Crippen LogP contribution in [0, 0.1) is 29.5 Å². The zero-order valence-corrected chi connectivity index (χ0v) is 14.7. The van der Waals surface area contributed by atoms with E-state index in [0.717, 1.165) is 24.8 Å². The van der Waals surface area contributed by atoms with Crippen molar-refractivity contribution < 1.29 is 23.5 Å². The highest BCUT2D eigenvalue weighted by Gasteiger charge is 2.61. The number of Topliss-reactive ketones (excluding diaryl/α,β-unsaturated/α-hetero) is 1. The highest BCUT2D eigenvalue weighted by atomic mass is 19.1. The van der Waals surface area contributed by atoms with Gasteiger partial charge in [-0.2, -0.15) is 0 Å². The van der Waals surface area contributed by atoms with Crippen LogP contribution in [-0.4, -0.2) is 35.2 Å². The van der Waals surface area contributed by atoms with E-state index < -0.39 is 17.8 Å². The average Bonchev–Trinajstić information content (AvgIpc) is 3.22. The maximum atomic E-state index is 13.2. The Morgan fingerprint density at radius 2 is 1.88 bits per heavy atom. The lowest BCUT2D eigenvalue weighted by Crippen LogP contribution is -2.60. The third kappa shape index (κ3) is 2.63. The molecular formula is C20H22FNO4. The van der Waals surface area contributed by atoms with E-state index >= 15 is 0 Å². The molecule has 6 heteroatoms. The monoisotopic (exact) mass is 359 g/mol. The summed E-state index contributed by atoms with van der Waals surface area (Å²) in [5, 5.41) is 0. The Kier molecular flexibility index (Phi) is 4.29. The molecule has 2 bridgehead atoms. The van der Waals surface area contributed by atoms with Crippen LogP contribution >= 0.6 is 0 Å². The van der Waals surface area contributed by atoms with Gasteiger partial charge in [-0.05, 0) is 55.7 Å². The Balaban J connectivity index is 1.67. The number of fused-ring (bicyclic) bond motifs is 5. The van der Waals surface area contributed by atoms with Gasteiger partial charge in [-0.3, -0.25) is 14.4 Å². The molecule has 4 rings (SSSR count). The number of carbonyl (C=O) groups is 3. The second kappa shape index (κ2) is 6.49. The highest BCUT2D eigenvalue weighted by molar-refractivity contribution is 6.19. The summed E-state index contributed by atoms with van der Waals surface area (Å²) in [4.78, 5) is 40.0. The predicted octanol–water partition coefficient (Wildman–Crippen LogP) is 2.33. The van der Waals surface area contributed by atoms with E-state index in [1.807, 2.05) is 0 Å². The fraction of sp³-hybridized carbons (Fsp3) is 0.550. The first-order valence-electron chi connectivity index (χ1n) is 9.26. The summed E-state index contributed by atoms with van der Waals surface area (Å²) in [6.45, 7) is 2.08. The number of carbonyl (C=O) groups excluding carboxylic acids is 3. The topological polar surface area (TPSA) is 63.7 Å². The normalized spacial score (nSPS) is 32.7. The number of halogens is 1. The molecule has 138 valence electrons. The minimum Gasteiger partial charge on any atom is -0.465 e. The fourth-order valence-corrected chi connectivity index (χ4v) is 5.15. The molecule has 2 aliphatic carbocycles. The third-order valence-electron chi connectivity index (χ3n) is 6.16. The Morgan fingerprint density at radius 3 is 2.58 bits per heavy atom. The van der Waals surface area contributed by atoms with Crippen molar-refractivity contribution in [2.75, 3.05) is 6.61 Å². The fourth-order valence-electron chi connectivity index (χ4n) is 5.15. The predicted molar refractivity (Wildman–Crippen MR) is 90.2 cm³/mol. The van der Waals surface area contributed by atoms with E-state index in [4.69, 9.17) is 4.74 Å². The minimum absolute atomic E-state index is 0.133. The largest absolute Gasteiger partial charge is 0.465 e. The van der Waals surface area contributed by atoms with E-state index in [1.165, 1.54) is 12.1 Å². The first-order valence-corrected chi connectivity index (χ1v) is 9.26. The van der Waals surface area contributed by atoms with Crippen LogP contribution in [0.1, 0.15) is 31.7 Å². The number of benzene rings is 1. The molecule has 3 fully saturated rings. The Morgan fingerprint density at radius 1 is 1.19 bits per heavy atom. The zero-order valence-electron chi connectivity index (χ0n) is 14.7. The SMILES string of the molecule is CCOC(=O)C1C(=O)C2C3CCC(C3)C2N(Cc2ccc(F)cc2)C1=O.